The van der Waals surface area contributed by atoms with Crippen LogP contribution in [0.1, 0.15) is 44.0 Å². The summed E-state index contributed by atoms with van der Waals surface area (Å²) < 4.78 is 6.51. The van der Waals surface area contributed by atoms with Crippen LogP contribution in [0, 0.1) is 0 Å². The molecule has 6 heteroatoms. The number of amides is 2. The van der Waals surface area contributed by atoms with Crippen molar-refractivity contribution >= 4 is 39.1 Å². The number of nitrogens with one attached hydrogen (secondary N) is 2. The Hall–Kier alpha value is -2.34. The predicted octanol–water partition coefficient (Wildman–Crippen LogP) is 5.23. The van der Waals surface area contributed by atoms with Crippen molar-refractivity contribution < 1.29 is 14.3 Å². The highest BCUT2D eigenvalue weighted by Crippen LogP contribution is 2.26. The first-order chi connectivity index (χ1) is 12.4. The van der Waals surface area contributed by atoms with Gasteiger partial charge in [0.2, 0.25) is 5.91 Å². The predicted molar refractivity (Wildman–Crippen MR) is 108 cm³/mol. The van der Waals surface area contributed by atoms with E-state index in [4.69, 9.17) is 4.74 Å². The van der Waals surface area contributed by atoms with Gasteiger partial charge in [0.05, 0.1) is 11.7 Å². The molecular weight excluding hydrogens is 396 g/mol. The fourth-order valence-electron chi connectivity index (χ4n) is 2.36. The molecule has 138 valence electrons. The highest BCUT2D eigenvalue weighted by molar-refractivity contribution is 9.10. The molecule has 0 spiro atoms. The molecule has 0 aromatic heterocycles. The first kappa shape index (κ1) is 20.0. The number of hydrogen-bond acceptors (Lipinski definition) is 3. The van der Waals surface area contributed by atoms with E-state index in [1.165, 1.54) is 0 Å². The zero-order valence-corrected chi connectivity index (χ0v) is 16.7. The van der Waals surface area contributed by atoms with Gasteiger partial charge in [-0.25, -0.2) is 0 Å². The van der Waals surface area contributed by atoms with E-state index in [1.807, 2.05) is 26.8 Å². The van der Waals surface area contributed by atoms with Crippen LogP contribution < -0.4 is 15.4 Å². The van der Waals surface area contributed by atoms with Gasteiger partial charge >= 0.3 is 0 Å². The number of carbonyl (C=O) groups excluding carboxylic acids is 2. The molecule has 0 atom stereocenters. The van der Waals surface area contributed by atoms with Crippen LogP contribution >= 0.6 is 15.9 Å². The lowest BCUT2D eigenvalue weighted by Gasteiger charge is -2.15. The van der Waals surface area contributed by atoms with Crippen LogP contribution in [-0.2, 0) is 4.79 Å². The van der Waals surface area contributed by atoms with Gasteiger partial charge in [0, 0.05) is 22.3 Å². The maximum atomic E-state index is 12.7. The number of halogens is 1. The van der Waals surface area contributed by atoms with Gasteiger partial charge in [-0.2, -0.15) is 0 Å². The van der Waals surface area contributed by atoms with Gasteiger partial charge < -0.3 is 15.4 Å². The molecule has 0 saturated heterocycles. The highest BCUT2D eigenvalue weighted by atomic mass is 79.9. The van der Waals surface area contributed by atoms with Crippen LogP contribution in [0.2, 0.25) is 0 Å². The Labute approximate surface area is 162 Å². The molecule has 2 rings (SSSR count). The third-order valence-electron chi connectivity index (χ3n) is 3.43. The summed E-state index contributed by atoms with van der Waals surface area (Å²) >= 11 is 3.39. The van der Waals surface area contributed by atoms with Crippen LogP contribution in [0.3, 0.4) is 0 Å². The minimum atomic E-state index is -0.279. The fourth-order valence-corrected chi connectivity index (χ4v) is 2.72. The van der Waals surface area contributed by atoms with E-state index in [2.05, 4.69) is 26.6 Å². The number of hydrogen-bond donors (Lipinski definition) is 2. The molecule has 0 aliphatic carbocycles. The van der Waals surface area contributed by atoms with Gasteiger partial charge in [0.25, 0.3) is 5.91 Å². The molecule has 0 bridgehead atoms. The van der Waals surface area contributed by atoms with Crippen molar-refractivity contribution in [2.45, 2.75) is 39.7 Å². The summed E-state index contributed by atoms with van der Waals surface area (Å²) in [5.41, 5.74) is 1.68. The fraction of sp³-hybridized carbons (Fsp3) is 0.300. The molecular formula is C20H23BrN2O3. The number of anilines is 2. The lowest BCUT2D eigenvalue weighted by Crippen LogP contribution is -2.16. The Morgan fingerprint density at radius 3 is 2.42 bits per heavy atom. The molecule has 26 heavy (non-hydrogen) atoms. The van der Waals surface area contributed by atoms with Crippen molar-refractivity contribution in [3.05, 3.63) is 52.5 Å². The molecule has 0 fully saturated rings. The number of carbonyl (C=O) groups is 2. The van der Waals surface area contributed by atoms with Crippen molar-refractivity contribution in [1.82, 2.24) is 0 Å². The monoisotopic (exact) mass is 418 g/mol. The highest BCUT2D eigenvalue weighted by Gasteiger charge is 2.15. The molecule has 2 amide bonds. The van der Waals surface area contributed by atoms with E-state index in [0.29, 0.717) is 29.1 Å². The Balaban J connectivity index is 2.17. The second-order valence-corrected chi connectivity index (χ2v) is 7.06. The third-order valence-corrected chi connectivity index (χ3v) is 3.92. The summed E-state index contributed by atoms with van der Waals surface area (Å²) in [5, 5.41) is 5.67. The normalized spacial score (nSPS) is 10.5. The first-order valence-electron chi connectivity index (χ1n) is 8.56. The molecule has 0 unspecified atom stereocenters. The molecule has 0 radical (unpaired) electrons. The van der Waals surface area contributed by atoms with Gasteiger partial charge in [0.1, 0.15) is 5.75 Å². The molecule has 0 saturated carbocycles. The number of benzene rings is 2. The van der Waals surface area contributed by atoms with Gasteiger partial charge in [0.15, 0.2) is 0 Å². The second kappa shape index (κ2) is 9.38. The third kappa shape index (κ3) is 5.88. The first-order valence-corrected chi connectivity index (χ1v) is 9.35. The largest absolute Gasteiger partial charge is 0.490 e. The summed E-state index contributed by atoms with van der Waals surface area (Å²) in [6, 6.07) is 12.4. The maximum absolute atomic E-state index is 12.7. The topological polar surface area (TPSA) is 67.4 Å². The van der Waals surface area contributed by atoms with E-state index >= 15 is 0 Å². The van der Waals surface area contributed by atoms with E-state index in [1.54, 1.807) is 36.4 Å². The van der Waals surface area contributed by atoms with E-state index in [9.17, 15) is 9.59 Å². The summed E-state index contributed by atoms with van der Waals surface area (Å²) in [5.74, 6) is 0.197. The molecule has 2 aromatic rings. The minimum absolute atomic E-state index is 0.0418. The van der Waals surface area contributed by atoms with E-state index in [0.717, 1.165) is 10.9 Å². The average Bonchev–Trinajstić information content (AvgIpc) is 2.56. The van der Waals surface area contributed by atoms with Crippen LogP contribution in [0.5, 0.6) is 5.75 Å². The maximum Gasteiger partial charge on any atom is 0.259 e. The smallest absolute Gasteiger partial charge is 0.259 e. The average molecular weight is 419 g/mol. The summed E-state index contributed by atoms with van der Waals surface area (Å²) in [7, 11) is 0. The molecule has 2 N–H and O–H groups in total. The minimum Gasteiger partial charge on any atom is -0.490 e. The Bertz CT molecular complexity index is 790. The Kier molecular flexibility index (Phi) is 7.21. The Morgan fingerprint density at radius 2 is 1.77 bits per heavy atom. The zero-order chi connectivity index (χ0) is 19.1. The van der Waals surface area contributed by atoms with Crippen molar-refractivity contribution in [3.63, 3.8) is 0 Å². The summed E-state index contributed by atoms with van der Waals surface area (Å²) in [6.45, 7) is 5.77. The summed E-state index contributed by atoms with van der Waals surface area (Å²) in [4.78, 5) is 24.4. The molecule has 0 aliphatic rings. The van der Waals surface area contributed by atoms with Crippen molar-refractivity contribution in [3.8, 4) is 5.75 Å². The zero-order valence-electron chi connectivity index (χ0n) is 15.1. The number of rotatable bonds is 7. The van der Waals surface area contributed by atoms with Crippen LogP contribution in [0.4, 0.5) is 11.4 Å². The van der Waals surface area contributed by atoms with Crippen molar-refractivity contribution in [2.24, 2.45) is 0 Å². The van der Waals surface area contributed by atoms with E-state index < -0.39 is 0 Å². The Morgan fingerprint density at radius 1 is 1.08 bits per heavy atom. The SMILES string of the molecule is CCCC(=O)Nc1cccc(NC(=O)c2cc(Br)ccc2OC(C)C)c1. The van der Waals surface area contributed by atoms with E-state index in [-0.39, 0.29) is 17.9 Å². The lowest BCUT2D eigenvalue weighted by molar-refractivity contribution is -0.116. The van der Waals surface area contributed by atoms with Crippen LogP contribution in [0.15, 0.2) is 46.9 Å². The van der Waals surface area contributed by atoms with Crippen LogP contribution in [0.25, 0.3) is 0 Å². The second-order valence-electron chi connectivity index (χ2n) is 6.14. The quantitative estimate of drug-likeness (QED) is 0.646. The van der Waals surface area contributed by atoms with Crippen LogP contribution in [-0.4, -0.2) is 17.9 Å². The van der Waals surface area contributed by atoms with Gasteiger partial charge in [-0.1, -0.05) is 28.9 Å². The standard InChI is InChI=1S/C20H23BrN2O3/c1-4-6-19(24)22-15-7-5-8-16(12-15)23-20(25)17-11-14(21)9-10-18(17)26-13(2)3/h5,7-13H,4,6H2,1-3H3,(H,22,24)(H,23,25). The molecule has 2 aromatic carbocycles. The van der Waals surface area contributed by atoms with Gasteiger partial charge in [-0.3, -0.25) is 9.59 Å². The van der Waals surface area contributed by atoms with Gasteiger partial charge in [-0.15, -0.1) is 0 Å². The molecule has 0 aliphatic heterocycles. The lowest BCUT2D eigenvalue weighted by atomic mass is 10.1. The number of ether oxygens (including phenoxy) is 1. The summed E-state index contributed by atoms with van der Waals surface area (Å²) in [6.07, 6.45) is 1.20. The van der Waals surface area contributed by atoms with Crippen molar-refractivity contribution in [2.75, 3.05) is 10.6 Å². The molecule has 0 heterocycles. The van der Waals surface area contributed by atoms with Gasteiger partial charge in [-0.05, 0) is 56.7 Å². The van der Waals surface area contributed by atoms with Crippen molar-refractivity contribution in [1.29, 1.82) is 0 Å². The molecule has 5 nitrogen and oxygen atoms in total.